The zero-order valence-electron chi connectivity index (χ0n) is 18.3. The average Bonchev–Trinajstić information content (AvgIpc) is 2.82. The number of hydrogen-bond donors (Lipinski definition) is 0. The molecule has 0 fully saturated rings. The Bertz CT molecular complexity index is 990. The molecule has 0 radical (unpaired) electrons. The van der Waals surface area contributed by atoms with Gasteiger partial charge in [-0.25, -0.2) is 0 Å². The predicted molar refractivity (Wildman–Crippen MR) is 125 cm³/mol. The number of methoxy groups -OCH3 is 1. The molecule has 0 heterocycles. The Labute approximate surface area is 185 Å². The molecule has 0 aliphatic heterocycles. The summed E-state index contributed by atoms with van der Waals surface area (Å²) < 4.78 is 5.04. The van der Waals surface area contributed by atoms with Crippen LogP contribution in [0.1, 0.15) is 47.7 Å². The van der Waals surface area contributed by atoms with Gasteiger partial charge in [-0.05, 0) is 67.3 Å². The lowest BCUT2D eigenvalue weighted by atomic mass is 9.92. The first-order valence-electron chi connectivity index (χ1n) is 10.9. The largest absolute Gasteiger partial charge is 0.469 e. The minimum Gasteiger partial charge on any atom is -0.469 e. The van der Waals surface area contributed by atoms with Gasteiger partial charge in [0.1, 0.15) is 0 Å². The Morgan fingerprint density at radius 3 is 2.16 bits per heavy atom. The van der Waals surface area contributed by atoms with Crippen LogP contribution >= 0.6 is 0 Å². The molecule has 3 rings (SSSR count). The van der Waals surface area contributed by atoms with E-state index in [9.17, 15) is 9.59 Å². The summed E-state index contributed by atoms with van der Waals surface area (Å²) >= 11 is 0. The second-order valence-corrected chi connectivity index (χ2v) is 7.97. The predicted octanol–water partition coefficient (Wildman–Crippen LogP) is 6.30. The first-order chi connectivity index (χ1) is 15.1. The molecule has 0 aliphatic carbocycles. The van der Waals surface area contributed by atoms with Gasteiger partial charge in [-0.3, -0.25) is 9.59 Å². The minimum absolute atomic E-state index is 0.0691. The van der Waals surface area contributed by atoms with E-state index in [1.165, 1.54) is 18.2 Å². The first kappa shape index (κ1) is 22.5. The second kappa shape index (κ2) is 11.3. The molecule has 0 spiro atoms. The summed E-state index contributed by atoms with van der Waals surface area (Å²) in [5, 5.41) is 0. The van der Waals surface area contributed by atoms with E-state index in [-0.39, 0.29) is 17.7 Å². The Kier molecular flexibility index (Phi) is 8.17. The van der Waals surface area contributed by atoms with Crippen molar-refractivity contribution >= 4 is 11.8 Å². The summed E-state index contributed by atoms with van der Waals surface area (Å²) in [4.78, 5) is 23.9. The molecular weight excluding hydrogens is 384 g/mol. The van der Waals surface area contributed by atoms with Gasteiger partial charge in [-0.2, -0.15) is 0 Å². The van der Waals surface area contributed by atoms with Gasteiger partial charge in [0.15, 0.2) is 5.78 Å². The molecule has 3 aromatic rings. The van der Waals surface area contributed by atoms with Crippen molar-refractivity contribution in [1.29, 1.82) is 0 Å². The standard InChI is InChI=1S/C28H30O3/c1-21(29)26-12-7-13-27(20-26)24-17-14-23(15-18-24)16-19-25(28(30)31-2)11-6-10-22-8-4-3-5-9-22/h3-5,7-9,12-15,17-18,20,25H,6,10-11,16,19H2,1-2H3. The maximum atomic E-state index is 12.3. The van der Waals surface area contributed by atoms with Crippen molar-refractivity contribution in [2.75, 3.05) is 7.11 Å². The van der Waals surface area contributed by atoms with Crippen molar-refractivity contribution in [3.8, 4) is 11.1 Å². The van der Waals surface area contributed by atoms with Crippen molar-refractivity contribution in [2.24, 2.45) is 5.92 Å². The van der Waals surface area contributed by atoms with Gasteiger partial charge in [0, 0.05) is 5.56 Å². The van der Waals surface area contributed by atoms with E-state index < -0.39 is 0 Å². The average molecular weight is 415 g/mol. The van der Waals surface area contributed by atoms with E-state index in [1.807, 2.05) is 42.5 Å². The molecule has 3 aromatic carbocycles. The van der Waals surface area contributed by atoms with Crippen LogP contribution in [0.25, 0.3) is 11.1 Å². The van der Waals surface area contributed by atoms with E-state index >= 15 is 0 Å². The van der Waals surface area contributed by atoms with Crippen LogP contribution in [0, 0.1) is 5.92 Å². The molecule has 0 bridgehead atoms. The highest BCUT2D eigenvalue weighted by Gasteiger charge is 2.18. The van der Waals surface area contributed by atoms with Gasteiger partial charge in [0.05, 0.1) is 13.0 Å². The fourth-order valence-electron chi connectivity index (χ4n) is 3.87. The van der Waals surface area contributed by atoms with Gasteiger partial charge in [0.25, 0.3) is 0 Å². The van der Waals surface area contributed by atoms with E-state index in [0.717, 1.165) is 48.8 Å². The summed E-state index contributed by atoms with van der Waals surface area (Å²) in [6, 6.07) is 26.4. The number of rotatable bonds is 10. The zero-order valence-corrected chi connectivity index (χ0v) is 18.3. The number of carbonyl (C=O) groups excluding carboxylic acids is 2. The number of aryl methyl sites for hydroxylation is 2. The molecule has 1 unspecified atom stereocenters. The maximum Gasteiger partial charge on any atom is 0.308 e. The third kappa shape index (κ3) is 6.65. The van der Waals surface area contributed by atoms with Crippen LogP contribution in [-0.4, -0.2) is 18.9 Å². The van der Waals surface area contributed by atoms with Gasteiger partial charge in [0.2, 0.25) is 0 Å². The molecule has 160 valence electrons. The van der Waals surface area contributed by atoms with E-state index in [4.69, 9.17) is 4.74 Å². The van der Waals surface area contributed by atoms with Crippen molar-refractivity contribution in [2.45, 2.75) is 39.0 Å². The molecule has 0 aromatic heterocycles. The molecule has 0 saturated carbocycles. The lowest BCUT2D eigenvalue weighted by Gasteiger charge is -2.15. The summed E-state index contributed by atoms with van der Waals surface area (Å²) in [7, 11) is 1.47. The Balaban J connectivity index is 1.57. The lowest BCUT2D eigenvalue weighted by Crippen LogP contribution is -2.17. The summed E-state index contributed by atoms with van der Waals surface area (Å²) in [5.41, 5.74) is 5.34. The lowest BCUT2D eigenvalue weighted by molar-refractivity contribution is -0.145. The quantitative estimate of drug-likeness (QED) is 0.289. The SMILES string of the molecule is COC(=O)C(CCCc1ccccc1)CCc1ccc(-c2cccc(C(C)=O)c2)cc1. The van der Waals surface area contributed by atoms with Gasteiger partial charge in [-0.15, -0.1) is 0 Å². The molecular formula is C28H30O3. The molecule has 3 nitrogen and oxygen atoms in total. The van der Waals surface area contributed by atoms with Crippen LogP contribution in [0.2, 0.25) is 0 Å². The van der Waals surface area contributed by atoms with Crippen molar-refractivity contribution in [1.82, 2.24) is 0 Å². The van der Waals surface area contributed by atoms with E-state index in [2.05, 4.69) is 36.4 Å². The van der Waals surface area contributed by atoms with Crippen molar-refractivity contribution in [3.05, 3.63) is 95.6 Å². The fourth-order valence-corrected chi connectivity index (χ4v) is 3.87. The number of esters is 1. The molecule has 0 amide bonds. The smallest absolute Gasteiger partial charge is 0.308 e. The number of hydrogen-bond acceptors (Lipinski definition) is 3. The Hall–Kier alpha value is -3.20. The highest BCUT2D eigenvalue weighted by Crippen LogP contribution is 2.23. The fraction of sp³-hybridized carbons (Fsp3) is 0.286. The van der Waals surface area contributed by atoms with E-state index in [1.54, 1.807) is 6.92 Å². The third-order valence-corrected chi connectivity index (χ3v) is 5.73. The van der Waals surface area contributed by atoms with Gasteiger partial charge >= 0.3 is 5.97 Å². The number of Topliss-reactive ketones (excluding diaryl/α,β-unsaturated/α-hetero) is 1. The van der Waals surface area contributed by atoms with Crippen LogP contribution in [0.15, 0.2) is 78.9 Å². The molecule has 0 saturated heterocycles. The first-order valence-corrected chi connectivity index (χ1v) is 10.9. The van der Waals surface area contributed by atoms with Crippen LogP contribution in [0.4, 0.5) is 0 Å². The summed E-state index contributed by atoms with van der Waals surface area (Å²) in [6.07, 6.45) is 4.38. The molecule has 0 N–H and O–H groups in total. The number of ketones is 1. The topological polar surface area (TPSA) is 43.4 Å². The number of carbonyl (C=O) groups is 2. The molecule has 3 heteroatoms. The van der Waals surface area contributed by atoms with Crippen LogP contribution in [0.3, 0.4) is 0 Å². The van der Waals surface area contributed by atoms with Crippen molar-refractivity contribution < 1.29 is 14.3 Å². The van der Waals surface area contributed by atoms with E-state index in [0.29, 0.717) is 0 Å². The van der Waals surface area contributed by atoms with Gasteiger partial charge < -0.3 is 4.74 Å². The molecule has 0 aliphatic rings. The zero-order chi connectivity index (χ0) is 22.1. The molecule has 31 heavy (non-hydrogen) atoms. The van der Waals surface area contributed by atoms with Crippen molar-refractivity contribution in [3.63, 3.8) is 0 Å². The van der Waals surface area contributed by atoms with Crippen LogP contribution in [-0.2, 0) is 22.4 Å². The number of ether oxygens (including phenoxy) is 1. The Morgan fingerprint density at radius 2 is 1.48 bits per heavy atom. The van der Waals surface area contributed by atoms with Crippen LogP contribution < -0.4 is 0 Å². The number of benzene rings is 3. The second-order valence-electron chi connectivity index (χ2n) is 7.97. The third-order valence-electron chi connectivity index (χ3n) is 5.73. The Morgan fingerprint density at radius 1 is 0.774 bits per heavy atom. The maximum absolute atomic E-state index is 12.3. The highest BCUT2D eigenvalue weighted by molar-refractivity contribution is 5.95. The summed E-state index contributed by atoms with van der Waals surface area (Å²) in [5.74, 6) is -0.133. The van der Waals surface area contributed by atoms with Crippen LogP contribution in [0.5, 0.6) is 0 Å². The molecule has 1 atom stereocenters. The minimum atomic E-state index is -0.120. The van der Waals surface area contributed by atoms with Gasteiger partial charge in [-0.1, -0.05) is 72.8 Å². The highest BCUT2D eigenvalue weighted by atomic mass is 16.5. The summed E-state index contributed by atoms with van der Waals surface area (Å²) in [6.45, 7) is 1.58. The monoisotopic (exact) mass is 414 g/mol. The normalized spacial score (nSPS) is 11.7.